The van der Waals surface area contributed by atoms with Gasteiger partial charge in [-0.15, -0.1) is 0 Å². The van der Waals surface area contributed by atoms with Crippen molar-refractivity contribution in [2.24, 2.45) is 0 Å². The van der Waals surface area contributed by atoms with Gasteiger partial charge in [-0.25, -0.2) is 17.9 Å². The number of methoxy groups -OCH3 is 1. The van der Waals surface area contributed by atoms with Gasteiger partial charge in [0.15, 0.2) is 0 Å². The molecule has 0 bridgehead atoms. The quantitative estimate of drug-likeness (QED) is 0.706. The molecule has 0 spiro atoms. The maximum atomic E-state index is 12.4. The SMILES string of the molecule is COC(=O)N1CC[C@H](NS(=O)(=O)C(C)C)[C@@H]1CO[C@H]1CC[C@@H](c2ccccc2)CC1. The molecule has 2 atom stereocenters. The molecule has 1 aromatic rings. The van der Waals surface area contributed by atoms with Crippen molar-refractivity contribution in [2.45, 2.75) is 75.3 Å². The highest BCUT2D eigenvalue weighted by Gasteiger charge is 2.40. The van der Waals surface area contributed by atoms with Gasteiger partial charge < -0.3 is 14.4 Å². The third-order valence-electron chi connectivity index (χ3n) is 6.34. The Morgan fingerprint density at radius 1 is 1.13 bits per heavy atom. The summed E-state index contributed by atoms with van der Waals surface area (Å²) in [7, 11) is -2.09. The van der Waals surface area contributed by atoms with Crippen molar-refractivity contribution >= 4 is 16.1 Å². The highest BCUT2D eigenvalue weighted by atomic mass is 32.2. The fourth-order valence-electron chi connectivity index (χ4n) is 4.41. The molecule has 3 rings (SSSR count). The number of amides is 1. The summed E-state index contributed by atoms with van der Waals surface area (Å²) >= 11 is 0. The second kappa shape index (κ2) is 10.1. The van der Waals surface area contributed by atoms with Gasteiger partial charge in [0.05, 0.1) is 31.1 Å². The number of carbonyl (C=O) groups excluding carboxylic acids is 1. The average Bonchev–Trinajstić information content (AvgIpc) is 3.14. The Bertz CT molecular complexity index is 791. The number of ether oxygens (including phenoxy) is 2. The molecule has 0 radical (unpaired) electrons. The zero-order chi connectivity index (χ0) is 21.7. The zero-order valence-corrected chi connectivity index (χ0v) is 18.9. The molecule has 1 N–H and O–H groups in total. The van der Waals surface area contributed by atoms with E-state index in [0.717, 1.165) is 25.7 Å². The lowest BCUT2D eigenvalue weighted by Crippen LogP contribution is -2.50. The topological polar surface area (TPSA) is 84.9 Å². The Labute approximate surface area is 180 Å². The van der Waals surface area contributed by atoms with E-state index in [0.29, 0.717) is 25.5 Å². The summed E-state index contributed by atoms with van der Waals surface area (Å²) < 4.78 is 38.6. The molecule has 1 saturated heterocycles. The van der Waals surface area contributed by atoms with Gasteiger partial charge in [-0.05, 0) is 57.4 Å². The summed E-state index contributed by atoms with van der Waals surface area (Å²) in [6.45, 7) is 4.05. The Balaban J connectivity index is 1.58. The number of nitrogens with zero attached hydrogens (tertiary/aromatic N) is 1. The molecule has 2 aliphatic rings. The molecule has 1 saturated carbocycles. The van der Waals surface area contributed by atoms with Gasteiger partial charge in [-0.3, -0.25) is 0 Å². The van der Waals surface area contributed by atoms with Crippen molar-refractivity contribution in [1.29, 1.82) is 0 Å². The molecule has 30 heavy (non-hydrogen) atoms. The second-order valence-electron chi connectivity index (χ2n) is 8.56. The number of carbonyl (C=O) groups is 1. The minimum Gasteiger partial charge on any atom is -0.453 e. The van der Waals surface area contributed by atoms with Crippen molar-refractivity contribution in [2.75, 3.05) is 20.3 Å². The van der Waals surface area contributed by atoms with Gasteiger partial charge in [0.25, 0.3) is 0 Å². The molecule has 168 valence electrons. The highest BCUT2D eigenvalue weighted by Crippen LogP contribution is 2.34. The number of hydrogen-bond donors (Lipinski definition) is 1. The zero-order valence-electron chi connectivity index (χ0n) is 18.1. The summed E-state index contributed by atoms with van der Waals surface area (Å²) in [4.78, 5) is 13.8. The van der Waals surface area contributed by atoms with Crippen LogP contribution in [0.15, 0.2) is 30.3 Å². The minimum atomic E-state index is -3.44. The van der Waals surface area contributed by atoms with Gasteiger partial charge in [0.1, 0.15) is 0 Å². The summed E-state index contributed by atoms with van der Waals surface area (Å²) in [5.41, 5.74) is 1.38. The van der Waals surface area contributed by atoms with E-state index in [4.69, 9.17) is 9.47 Å². The normalized spacial score (nSPS) is 27.4. The van der Waals surface area contributed by atoms with Gasteiger partial charge in [0, 0.05) is 12.6 Å². The third-order valence-corrected chi connectivity index (χ3v) is 8.21. The molecule has 0 unspecified atom stereocenters. The van der Waals surface area contributed by atoms with Crippen molar-refractivity contribution in [3.8, 4) is 0 Å². The predicted octanol–water partition coefficient (Wildman–Crippen LogP) is 3.27. The van der Waals surface area contributed by atoms with Crippen LogP contribution in [0, 0.1) is 0 Å². The molecule has 1 heterocycles. The lowest BCUT2D eigenvalue weighted by Gasteiger charge is -2.32. The first kappa shape index (κ1) is 23.0. The van der Waals surface area contributed by atoms with Crippen LogP contribution in [0.5, 0.6) is 0 Å². The lowest BCUT2D eigenvalue weighted by molar-refractivity contribution is -0.00536. The molecule has 7 nitrogen and oxygen atoms in total. The summed E-state index contributed by atoms with van der Waals surface area (Å²) in [6, 6.07) is 9.84. The van der Waals surface area contributed by atoms with E-state index >= 15 is 0 Å². The molecule has 1 aromatic carbocycles. The molecule has 2 fully saturated rings. The van der Waals surface area contributed by atoms with Crippen LogP contribution in [0.4, 0.5) is 4.79 Å². The highest BCUT2D eigenvalue weighted by molar-refractivity contribution is 7.90. The fourth-order valence-corrected chi connectivity index (χ4v) is 5.38. The molecule has 1 amide bonds. The number of hydrogen-bond acceptors (Lipinski definition) is 5. The monoisotopic (exact) mass is 438 g/mol. The Kier molecular flexibility index (Phi) is 7.76. The Morgan fingerprint density at radius 3 is 2.40 bits per heavy atom. The van der Waals surface area contributed by atoms with E-state index in [2.05, 4.69) is 29.0 Å². The average molecular weight is 439 g/mol. The largest absolute Gasteiger partial charge is 0.453 e. The van der Waals surface area contributed by atoms with Gasteiger partial charge in [-0.1, -0.05) is 30.3 Å². The Hall–Kier alpha value is -1.64. The smallest absolute Gasteiger partial charge is 0.409 e. The number of rotatable bonds is 7. The first-order valence-electron chi connectivity index (χ1n) is 10.8. The van der Waals surface area contributed by atoms with Crippen molar-refractivity contribution in [3.63, 3.8) is 0 Å². The van der Waals surface area contributed by atoms with Gasteiger partial charge >= 0.3 is 6.09 Å². The van der Waals surface area contributed by atoms with Crippen LogP contribution in [0.3, 0.4) is 0 Å². The van der Waals surface area contributed by atoms with E-state index in [1.165, 1.54) is 12.7 Å². The number of nitrogens with one attached hydrogen (secondary N) is 1. The van der Waals surface area contributed by atoms with E-state index in [-0.39, 0.29) is 18.2 Å². The standard InChI is InChI=1S/C22H34N2O5S/c1-16(2)30(26,27)23-20-13-14-24(22(25)28-3)21(20)15-29-19-11-9-18(10-12-19)17-7-5-4-6-8-17/h4-8,16,18-21,23H,9-15H2,1-3H3/t18-,19+,20-,21-/m0/s1. The van der Waals surface area contributed by atoms with E-state index in [9.17, 15) is 13.2 Å². The lowest BCUT2D eigenvalue weighted by atomic mass is 9.83. The maximum Gasteiger partial charge on any atom is 0.409 e. The van der Waals surface area contributed by atoms with Crippen LogP contribution in [-0.4, -0.2) is 63.1 Å². The van der Waals surface area contributed by atoms with E-state index < -0.39 is 21.4 Å². The fraction of sp³-hybridized carbons (Fsp3) is 0.682. The summed E-state index contributed by atoms with van der Waals surface area (Å²) in [5, 5.41) is -0.528. The number of likely N-dealkylation sites (tertiary alicyclic amines) is 1. The molecular formula is C22H34N2O5S. The number of benzene rings is 1. The molecule has 8 heteroatoms. The second-order valence-corrected chi connectivity index (χ2v) is 10.8. The van der Waals surface area contributed by atoms with Crippen LogP contribution in [0.2, 0.25) is 0 Å². The molecule has 1 aliphatic carbocycles. The number of sulfonamides is 1. The van der Waals surface area contributed by atoms with Gasteiger partial charge in [-0.2, -0.15) is 0 Å². The summed E-state index contributed by atoms with van der Waals surface area (Å²) in [6.07, 6.45) is 4.32. The Morgan fingerprint density at radius 2 is 1.80 bits per heavy atom. The van der Waals surface area contributed by atoms with Crippen LogP contribution in [-0.2, 0) is 19.5 Å². The van der Waals surface area contributed by atoms with Crippen LogP contribution >= 0.6 is 0 Å². The molecule has 0 aromatic heterocycles. The first-order chi connectivity index (χ1) is 14.3. The van der Waals surface area contributed by atoms with Crippen molar-refractivity contribution in [1.82, 2.24) is 9.62 Å². The van der Waals surface area contributed by atoms with Gasteiger partial charge in [0.2, 0.25) is 10.0 Å². The van der Waals surface area contributed by atoms with Crippen molar-refractivity contribution in [3.05, 3.63) is 35.9 Å². The summed E-state index contributed by atoms with van der Waals surface area (Å²) in [5.74, 6) is 0.565. The maximum absolute atomic E-state index is 12.4. The van der Waals surface area contributed by atoms with Crippen LogP contribution in [0.1, 0.15) is 57.4 Å². The molecule has 1 aliphatic heterocycles. The minimum absolute atomic E-state index is 0.132. The third kappa shape index (κ3) is 5.53. The first-order valence-corrected chi connectivity index (χ1v) is 12.4. The van der Waals surface area contributed by atoms with Crippen molar-refractivity contribution < 1.29 is 22.7 Å². The van der Waals surface area contributed by atoms with Crippen LogP contribution in [0.25, 0.3) is 0 Å². The van der Waals surface area contributed by atoms with E-state index in [1.54, 1.807) is 18.7 Å². The molecular weight excluding hydrogens is 404 g/mol. The van der Waals surface area contributed by atoms with Crippen LogP contribution < -0.4 is 4.72 Å². The van der Waals surface area contributed by atoms with E-state index in [1.807, 2.05) is 6.07 Å². The predicted molar refractivity (Wildman–Crippen MR) is 116 cm³/mol.